The Bertz CT molecular complexity index is 708. The molecule has 0 bridgehead atoms. The summed E-state index contributed by atoms with van der Waals surface area (Å²) in [7, 11) is 0. The molecule has 1 saturated carbocycles. The van der Waals surface area contributed by atoms with Gasteiger partial charge in [-0.05, 0) is 29.1 Å². The molecule has 0 saturated heterocycles. The van der Waals surface area contributed by atoms with Crippen LogP contribution in [0.3, 0.4) is 0 Å². The molecule has 160 valence electrons. The van der Waals surface area contributed by atoms with Crippen molar-refractivity contribution < 1.29 is 30.0 Å². The van der Waals surface area contributed by atoms with Crippen molar-refractivity contribution in [3.63, 3.8) is 0 Å². The molecule has 29 heavy (non-hydrogen) atoms. The normalized spacial score (nSPS) is 23.0. The van der Waals surface area contributed by atoms with Gasteiger partial charge in [-0.2, -0.15) is 11.8 Å². The van der Waals surface area contributed by atoms with Gasteiger partial charge in [-0.15, -0.1) is 11.8 Å². The predicted molar refractivity (Wildman–Crippen MR) is 116 cm³/mol. The van der Waals surface area contributed by atoms with Crippen molar-refractivity contribution in [2.24, 2.45) is 5.92 Å². The van der Waals surface area contributed by atoms with Crippen LogP contribution in [-0.4, -0.2) is 66.9 Å². The van der Waals surface area contributed by atoms with Gasteiger partial charge >= 0.3 is 5.97 Å². The number of carboxylic acid groups (broad SMARTS) is 1. The topological polar surface area (TPSA) is 115 Å². The molecule has 4 atom stereocenters. The van der Waals surface area contributed by atoms with E-state index in [1.165, 1.54) is 23.5 Å². The van der Waals surface area contributed by atoms with Crippen molar-refractivity contribution >= 4 is 35.3 Å². The zero-order chi connectivity index (χ0) is 21.2. The second kappa shape index (κ2) is 12.4. The van der Waals surface area contributed by atoms with Gasteiger partial charge in [0, 0.05) is 18.8 Å². The van der Waals surface area contributed by atoms with Crippen LogP contribution >= 0.6 is 23.5 Å². The van der Waals surface area contributed by atoms with Gasteiger partial charge in [0.15, 0.2) is 0 Å². The van der Waals surface area contributed by atoms with E-state index >= 15 is 0 Å². The van der Waals surface area contributed by atoms with E-state index in [1.807, 2.05) is 24.3 Å². The van der Waals surface area contributed by atoms with Crippen LogP contribution in [0.15, 0.2) is 36.4 Å². The molecule has 1 aromatic carbocycles. The molecule has 0 radical (unpaired) electrons. The summed E-state index contributed by atoms with van der Waals surface area (Å²) < 4.78 is 0. The van der Waals surface area contributed by atoms with Crippen LogP contribution < -0.4 is 0 Å². The highest BCUT2D eigenvalue weighted by atomic mass is 32.2. The maximum atomic E-state index is 12.2. The lowest BCUT2D eigenvalue weighted by molar-refractivity contribution is -0.133. The lowest BCUT2D eigenvalue weighted by Gasteiger charge is -2.17. The number of aliphatic carboxylic acids is 1. The molecule has 4 N–H and O–H groups in total. The van der Waals surface area contributed by atoms with E-state index in [4.69, 9.17) is 5.11 Å². The summed E-state index contributed by atoms with van der Waals surface area (Å²) in [5.41, 5.74) is 1.69. The number of hydrogen-bond donors (Lipinski definition) is 4. The number of Topliss-reactive ketones (excluding diaryl/α,β-unsaturated/α-hetero) is 1. The van der Waals surface area contributed by atoms with E-state index in [0.717, 1.165) is 29.1 Å². The Morgan fingerprint density at radius 1 is 1.28 bits per heavy atom. The summed E-state index contributed by atoms with van der Waals surface area (Å²) in [6.45, 7) is -0.0517. The number of aliphatic hydroxyl groups is 3. The van der Waals surface area contributed by atoms with Crippen LogP contribution in [-0.2, 0) is 22.6 Å². The van der Waals surface area contributed by atoms with Gasteiger partial charge in [0.25, 0.3) is 0 Å². The Morgan fingerprint density at radius 3 is 2.76 bits per heavy atom. The van der Waals surface area contributed by atoms with Crippen LogP contribution in [0.5, 0.6) is 0 Å². The number of rotatable bonds is 12. The largest absolute Gasteiger partial charge is 0.481 e. The Labute approximate surface area is 179 Å². The average molecular weight is 441 g/mol. The first-order chi connectivity index (χ1) is 13.9. The molecule has 2 rings (SSSR count). The minimum Gasteiger partial charge on any atom is -0.481 e. The molecule has 0 aromatic heterocycles. The Kier molecular flexibility index (Phi) is 10.2. The van der Waals surface area contributed by atoms with Gasteiger partial charge in [0.05, 0.1) is 29.8 Å². The van der Waals surface area contributed by atoms with Crippen LogP contribution in [0.25, 0.3) is 0 Å². The number of benzene rings is 1. The number of hydrogen-bond acceptors (Lipinski definition) is 7. The van der Waals surface area contributed by atoms with Crippen LogP contribution in [0.1, 0.15) is 24.0 Å². The number of ketones is 1. The van der Waals surface area contributed by atoms with Gasteiger partial charge in [-0.3, -0.25) is 9.59 Å². The zero-order valence-electron chi connectivity index (χ0n) is 16.1. The standard InChI is InChI=1S/C21H28O6S2/c22-12-15-4-1-3-14(9-15)10-16(23)5-6-17-18(24)11-19(25)21(17)29-8-2-7-28-13-20(26)27/h1,3-6,9,16-18,21-24H,2,7-8,10-13H2,(H,26,27)/b6-5+/t16?,17-,18+,21+/m0/s1. The first-order valence-electron chi connectivity index (χ1n) is 9.57. The molecule has 8 heteroatoms. The lowest BCUT2D eigenvalue weighted by Crippen LogP contribution is -2.22. The molecule has 0 aliphatic heterocycles. The molecule has 0 spiro atoms. The summed E-state index contributed by atoms with van der Waals surface area (Å²) in [6, 6.07) is 7.36. The minimum absolute atomic E-state index is 0.0143. The molecule has 1 fully saturated rings. The Balaban J connectivity index is 1.85. The highest BCUT2D eigenvalue weighted by Gasteiger charge is 2.40. The molecule has 1 unspecified atom stereocenters. The summed E-state index contributed by atoms with van der Waals surface area (Å²) in [6.07, 6.45) is 3.19. The smallest absolute Gasteiger partial charge is 0.313 e. The van der Waals surface area contributed by atoms with Crippen molar-refractivity contribution in [3.05, 3.63) is 47.5 Å². The summed E-state index contributed by atoms with van der Waals surface area (Å²) in [5.74, 6) is 0.364. The molecular weight excluding hydrogens is 412 g/mol. The zero-order valence-corrected chi connectivity index (χ0v) is 17.8. The molecule has 1 aliphatic carbocycles. The van der Waals surface area contributed by atoms with E-state index < -0.39 is 18.2 Å². The third-order valence-electron chi connectivity index (χ3n) is 4.65. The maximum absolute atomic E-state index is 12.2. The molecule has 1 aliphatic rings. The van der Waals surface area contributed by atoms with Crippen molar-refractivity contribution in [2.75, 3.05) is 17.3 Å². The third kappa shape index (κ3) is 8.14. The fraction of sp³-hybridized carbons (Fsp3) is 0.524. The third-order valence-corrected chi connectivity index (χ3v) is 7.14. The van der Waals surface area contributed by atoms with E-state index in [2.05, 4.69) is 0 Å². The van der Waals surface area contributed by atoms with E-state index in [0.29, 0.717) is 6.42 Å². The fourth-order valence-corrected chi connectivity index (χ4v) is 5.45. The second-order valence-electron chi connectivity index (χ2n) is 7.04. The average Bonchev–Trinajstić information content (AvgIpc) is 2.95. The second-order valence-corrected chi connectivity index (χ2v) is 9.40. The monoisotopic (exact) mass is 440 g/mol. The quantitative estimate of drug-likeness (QED) is 0.288. The SMILES string of the molecule is O=C(O)CSCCCS[C@H]1C(=O)C[C@@H](O)[C@@H]1/C=C/C(O)Cc1cccc(CO)c1. The van der Waals surface area contributed by atoms with Crippen molar-refractivity contribution in [2.45, 2.75) is 43.3 Å². The number of carboxylic acids is 1. The Hall–Kier alpha value is -1.32. The van der Waals surface area contributed by atoms with Crippen molar-refractivity contribution in [1.29, 1.82) is 0 Å². The van der Waals surface area contributed by atoms with Gasteiger partial charge in [0.1, 0.15) is 5.78 Å². The number of carbonyl (C=O) groups excluding carboxylic acids is 1. The van der Waals surface area contributed by atoms with E-state index in [9.17, 15) is 24.9 Å². The van der Waals surface area contributed by atoms with Crippen LogP contribution in [0, 0.1) is 5.92 Å². The molecule has 6 nitrogen and oxygen atoms in total. The first kappa shape index (κ1) is 24.0. The Morgan fingerprint density at radius 2 is 2.03 bits per heavy atom. The highest BCUT2D eigenvalue weighted by molar-refractivity contribution is 8.01. The molecular formula is C21H28O6S2. The highest BCUT2D eigenvalue weighted by Crippen LogP contribution is 2.34. The summed E-state index contributed by atoms with van der Waals surface area (Å²) in [5, 5.41) is 38.0. The number of thioether (sulfide) groups is 2. The summed E-state index contributed by atoms with van der Waals surface area (Å²) in [4.78, 5) is 22.7. The van der Waals surface area contributed by atoms with Gasteiger partial charge in [0.2, 0.25) is 0 Å². The first-order valence-corrected chi connectivity index (χ1v) is 11.8. The minimum atomic E-state index is -0.830. The number of carbonyl (C=O) groups is 2. The van der Waals surface area contributed by atoms with Crippen molar-refractivity contribution in [3.8, 4) is 0 Å². The van der Waals surface area contributed by atoms with Crippen molar-refractivity contribution in [1.82, 2.24) is 0 Å². The molecule has 1 aromatic rings. The van der Waals surface area contributed by atoms with E-state index in [1.54, 1.807) is 12.2 Å². The van der Waals surface area contributed by atoms with Gasteiger partial charge < -0.3 is 20.4 Å². The van der Waals surface area contributed by atoms with Gasteiger partial charge in [-0.1, -0.05) is 36.4 Å². The number of aliphatic hydroxyl groups excluding tert-OH is 3. The predicted octanol–water partition coefficient (Wildman–Crippen LogP) is 1.90. The van der Waals surface area contributed by atoms with Gasteiger partial charge in [-0.25, -0.2) is 0 Å². The van der Waals surface area contributed by atoms with E-state index in [-0.39, 0.29) is 35.7 Å². The van der Waals surface area contributed by atoms with Crippen LogP contribution in [0.4, 0.5) is 0 Å². The molecule has 0 amide bonds. The summed E-state index contributed by atoms with van der Waals surface area (Å²) >= 11 is 2.85. The fourth-order valence-electron chi connectivity index (χ4n) is 3.26. The maximum Gasteiger partial charge on any atom is 0.313 e. The molecule has 0 heterocycles. The lowest BCUT2D eigenvalue weighted by atomic mass is 10.0. The van der Waals surface area contributed by atoms with Crippen LogP contribution in [0.2, 0.25) is 0 Å².